The van der Waals surface area contributed by atoms with Crippen LogP contribution in [0, 0.1) is 0 Å². The number of rotatable bonds is 3. The van der Waals surface area contributed by atoms with Crippen molar-refractivity contribution >= 4 is 5.91 Å². The molecule has 4 heteroatoms. The van der Waals surface area contributed by atoms with Gasteiger partial charge in [0.05, 0.1) is 6.04 Å². The van der Waals surface area contributed by atoms with Crippen molar-refractivity contribution in [3.63, 3.8) is 0 Å². The van der Waals surface area contributed by atoms with Crippen LogP contribution in [-0.2, 0) is 13.0 Å². The predicted molar refractivity (Wildman–Crippen MR) is 81.7 cm³/mol. The number of nitrogens with two attached hydrogens (primary N) is 1. The highest BCUT2D eigenvalue weighted by molar-refractivity contribution is 5.92. The number of hydrogen-bond donors (Lipinski definition) is 1. The van der Waals surface area contributed by atoms with Crippen LogP contribution in [0.5, 0.6) is 0 Å². The highest BCUT2D eigenvalue weighted by Gasteiger charge is 2.29. The van der Waals surface area contributed by atoms with Gasteiger partial charge in [-0.05, 0) is 35.6 Å². The van der Waals surface area contributed by atoms with Gasteiger partial charge in [-0.1, -0.05) is 30.3 Å². The Labute approximate surface area is 124 Å². The van der Waals surface area contributed by atoms with E-state index < -0.39 is 0 Å². The molecule has 1 amide bonds. The third-order valence-corrected chi connectivity index (χ3v) is 4.17. The Bertz CT molecular complexity index is 651. The first-order valence-corrected chi connectivity index (χ1v) is 7.20. The first-order chi connectivity index (χ1) is 10.2. The summed E-state index contributed by atoms with van der Waals surface area (Å²) in [5.74, 6) is -0.0414. The van der Waals surface area contributed by atoms with E-state index in [0.29, 0.717) is 12.2 Å². The summed E-state index contributed by atoms with van der Waals surface area (Å²) in [6.45, 7) is 0.438. The molecule has 0 spiro atoms. The van der Waals surface area contributed by atoms with Crippen molar-refractivity contribution in [2.45, 2.75) is 25.4 Å². The Kier molecular flexibility index (Phi) is 3.71. The van der Waals surface area contributed by atoms with Crippen LogP contribution in [0.1, 0.15) is 39.6 Å². The van der Waals surface area contributed by atoms with Crippen LogP contribution < -0.4 is 5.73 Å². The number of fused-ring (bicyclic) bond motifs is 1. The Hall–Kier alpha value is -2.20. The van der Waals surface area contributed by atoms with E-state index in [-0.39, 0.29) is 11.9 Å². The zero-order valence-electron chi connectivity index (χ0n) is 12.1. The number of carbonyl (C=O) groups excluding carboxylic acids is 1. The largest absolute Gasteiger partial charge is 0.333 e. The minimum Gasteiger partial charge on any atom is -0.333 e. The molecule has 1 aliphatic carbocycles. The maximum atomic E-state index is 12.6. The fraction of sp³-hybridized carbons (Fsp3) is 0.294. The van der Waals surface area contributed by atoms with Crippen molar-refractivity contribution in [3.8, 4) is 0 Å². The van der Waals surface area contributed by atoms with Crippen LogP contribution in [0.4, 0.5) is 0 Å². The molecule has 1 unspecified atom stereocenters. The third kappa shape index (κ3) is 2.54. The number of hydrogen-bond acceptors (Lipinski definition) is 3. The monoisotopic (exact) mass is 281 g/mol. The van der Waals surface area contributed by atoms with Gasteiger partial charge in [-0.15, -0.1) is 0 Å². The summed E-state index contributed by atoms with van der Waals surface area (Å²) in [5, 5.41) is 0. The maximum Gasteiger partial charge on any atom is 0.272 e. The van der Waals surface area contributed by atoms with Crippen molar-refractivity contribution in [2.75, 3.05) is 7.05 Å². The molecule has 0 aliphatic heterocycles. The van der Waals surface area contributed by atoms with Gasteiger partial charge in [0.1, 0.15) is 5.69 Å². The molecule has 0 bridgehead atoms. The molecule has 1 atom stereocenters. The first kappa shape index (κ1) is 13.8. The van der Waals surface area contributed by atoms with E-state index in [1.54, 1.807) is 17.2 Å². The molecule has 2 N–H and O–H groups in total. The van der Waals surface area contributed by atoms with Gasteiger partial charge in [0.2, 0.25) is 0 Å². The quantitative estimate of drug-likeness (QED) is 0.939. The third-order valence-electron chi connectivity index (χ3n) is 4.17. The molecular formula is C17H19N3O. The summed E-state index contributed by atoms with van der Waals surface area (Å²) in [4.78, 5) is 18.6. The number of pyridine rings is 1. The van der Waals surface area contributed by atoms with E-state index in [1.165, 1.54) is 11.1 Å². The molecule has 0 fully saturated rings. The molecule has 21 heavy (non-hydrogen) atoms. The van der Waals surface area contributed by atoms with Crippen LogP contribution in [0.25, 0.3) is 0 Å². The number of amides is 1. The summed E-state index contributed by atoms with van der Waals surface area (Å²) in [7, 11) is 1.85. The molecular weight excluding hydrogens is 262 g/mol. The van der Waals surface area contributed by atoms with Crippen molar-refractivity contribution in [1.82, 2.24) is 9.88 Å². The molecule has 1 aromatic carbocycles. The zero-order chi connectivity index (χ0) is 14.8. The van der Waals surface area contributed by atoms with Crippen LogP contribution in [0.15, 0.2) is 42.6 Å². The molecule has 1 heterocycles. The fourth-order valence-electron chi connectivity index (χ4n) is 2.93. The Morgan fingerprint density at radius 1 is 1.33 bits per heavy atom. The summed E-state index contributed by atoms with van der Waals surface area (Å²) in [5.41, 5.74) is 9.55. The Morgan fingerprint density at radius 2 is 2.14 bits per heavy atom. The highest BCUT2D eigenvalue weighted by Crippen LogP contribution is 2.35. The topological polar surface area (TPSA) is 59.2 Å². The lowest BCUT2D eigenvalue weighted by Crippen LogP contribution is -2.30. The molecule has 4 nitrogen and oxygen atoms in total. The minimum absolute atomic E-state index is 0.0414. The van der Waals surface area contributed by atoms with Crippen LogP contribution in [0.3, 0.4) is 0 Å². The van der Waals surface area contributed by atoms with E-state index in [9.17, 15) is 4.79 Å². The van der Waals surface area contributed by atoms with E-state index in [4.69, 9.17) is 5.73 Å². The van der Waals surface area contributed by atoms with Crippen molar-refractivity contribution < 1.29 is 4.79 Å². The van der Waals surface area contributed by atoms with Gasteiger partial charge in [-0.2, -0.15) is 0 Å². The molecule has 2 aromatic rings. The number of aryl methyl sites for hydroxylation is 1. The molecule has 0 saturated carbocycles. The number of benzene rings is 1. The Balaban J connectivity index is 1.82. The molecule has 1 aliphatic rings. The molecule has 108 valence electrons. The van der Waals surface area contributed by atoms with E-state index >= 15 is 0 Å². The SMILES string of the molecule is CN(C(=O)c1ccc(CN)cn1)C1CCc2ccccc21. The average molecular weight is 281 g/mol. The van der Waals surface area contributed by atoms with E-state index in [2.05, 4.69) is 23.2 Å². The maximum absolute atomic E-state index is 12.6. The summed E-state index contributed by atoms with van der Waals surface area (Å²) < 4.78 is 0. The average Bonchev–Trinajstić information content (AvgIpc) is 2.97. The second-order valence-corrected chi connectivity index (χ2v) is 5.43. The highest BCUT2D eigenvalue weighted by atomic mass is 16.2. The van der Waals surface area contributed by atoms with Gasteiger partial charge in [0.25, 0.3) is 5.91 Å². The second kappa shape index (κ2) is 5.66. The van der Waals surface area contributed by atoms with Gasteiger partial charge in [-0.3, -0.25) is 9.78 Å². The summed E-state index contributed by atoms with van der Waals surface area (Å²) in [6, 6.07) is 12.1. The van der Waals surface area contributed by atoms with Crippen LogP contribution in [-0.4, -0.2) is 22.8 Å². The molecule has 0 radical (unpaired) electrons. The van der Waals surface area contributed by atoms with Gasteiger partial charge >= 0.3 is 0 Å². The normalized spacial score (nSPS) is 16.6. The number of carbonyl (C=O) groups is 1. The van der Waals surface area contributed by atoms with Gasteiger partial charge in [0, 0.05) is 19.8 Å². The molecule has 1 aromatic heterocycles. The van der Waals surface area contributed by atoms with Gasteiger partial charge in [0.15, 0.2) is 0 Å². The Morgan fingerprint density at radius 3 is 2.86 bits per heavy atom. The van der Waals surface area contributed by atoms with E-state index in [1.807, 2.05) is 19.2 Å². The van der Waals surface area contributed by atoms with Crippen molar-refractivity contribution in [2.24, 2.45) is 5.73 Å². The minimum atomic E-state index is -0.0414. The summed E-state index contributed by atoms with van der Waals surface area (Å²) in [6.07, 6.45) is 3.67. The number of aromatic nitrogens is 1. The molecule has 0 saturated heterocycles. The summed E-state index contributed by atoms with van der Waals surface area (Å²) >= 11 is 0. The predicted octanol–water partition coefficient (Wildman–Crippen LogP) is 2.30. The fourth-order valence-corrected chi connectivity index (χ4v) is 2.93. The smallest absolute Gasteiger partial charge is 0.272 e. The van der Waals surface area contributed by atoms with Crippen molar-refractivity contribution in [3.05, 3.63) is 65.0 Å². The van der Waals surface area contributed by atoms with Gasteiger partial charge in [-0.25, -0.2) is 0 Å². The van der Waals surface area contributed by atoms with Gasteiger partial charge < -0.3 is 10.6 Å². The lowest BCUT2D eigenvalue weighted by atomic mass is 10.1. The lowest BCUT2D eigenvalue weighted by molar-refractivity contribution is 0.0724. The standard InChI is InChI=1S/C17H19N3O/c1-20(16-9-7-13-4-2-3-5-14(13)16)17(21)15-8-6-12(10-18)11-19-15/h2-6,8,11,16H,7,9-10,18H2,1H3. The molecule has 3 rings (SSSR count). The van der Waals surface area contributed by atoms with E-state index in [0.717, 1.165) is 18.4 Å². The van der Waals surface area contributed by atoms with Crippen LogP contribution in [0.2, 0.25) is 0 Å². The van der Waals surface area contributed by atoms with Crippen molar-refractivity contribution in [1.29, 1.82) is 0 Å². The number of nitrogens with zero attached hydrogens (tertiary/aromatic N) is 2. The second-order valence-electron chi connectivity index (χ2n) is 5.43. The first-order valence-electron chi connectivity index (χ1n) is 7.20. The lowest BCUT2D eigenvalue weighted by Gasteiger charge is -2.25. The van der Waals surface area contributed by atoms with Crippen LogP contribution >= 0.6 is 0 Å². The zero-order valence-corrected chi connectivity index (χ0v) is 12.1.